The molecule has 0 aliphatic carbocycles. The largest absolute Gasteiger partial charge is 0.396 e. The molecule has 0 unspecified atom stereocenters. The highest BCUT2D eigenvalue weighted by Crippen LogP contribution is 2.30. The lowest BCUT2D eigenvalue weighted by molar-refractivity contribution is 0.0905. The zero-order valence-electron chi connectivity index (χ0n) is 11.1. The Morgan fingerprint density at radius 2 is 2.11 bits per heavy atom. The summed E-state index contributed by atoms with van der Waals surface area (Å²) in [6.45, 7) is 3.72. The van der Waals surface area contributed by atoms with E-state index in [0.717, 1.165) is 42.6 Å². The number of ether oxygens (including phenoxy) is 1. The van der Waals surface area contributed by atoms with Gasteiger partial charge in [-0.15, -0.1) is 0 Å². The van der Waals surface area contributed by atoms with Crippen molar-refractivity contribution in [1.82, 2.24) is 4.98 Å². The van der Waals surface area contributed by atoms with E-state index in [1.807, 2.05) is 6.07 Å². The molecule has 1 saturated heterocycles. The Morgan fingerprint density at radius 3 is 2.89 bits per heavy atom. The second-order valence-electron chi connectivity index (χ2n) is 5.14. The van der Waals surface area contributed by atoms with Gasteiger partial charge in [0.1, 0.15) is 0 Å². The molecule has 0 saturated carbocycles. The van der Waals surface area contributed by atoms with Gasteiger partial charge in [-0.05, 0) is 31.9 Å². The fourth-order valence-corrected chi connectivity index (χ4v) is 2.53. The molecule has 0 atom stereocenters. The lowest BCUT2D eigenvalue weighted by atomic mass is 10.1. The number of rotatable bonds is 2. The third-order valence-corrected chi connectivity index (χ3v) is 3.62. The van der Waals surface area contributed by atoms with Gasteiger partial charge in [-0.2, -0.15) is 0 Å². The highest BCUT2D eigenvalue weighted by atomic mass is 16.5. The minimum absolute atomic E-state index is 0.433. The predicted molar refractivity (Wildman–Crippen MR) is 78.4 cm³/mol. The highest BCUT2D eigenvalue weighted by molar-refractivity contribution is 5.97. The number of aryl methyl sites for hydroxylation is 1. The number of nitrogens with two attached hydrogens (primary N) is 1. The monoisotopic (exact) mass is 257 g/mol. The fourth-order valence-electron chi connectivity index (χ4n) is 2.53. The van der Waals surface area contributed by atoms with Crippen LogP contribution in [0, 0.1) is 6.92 Å². The van der Waals surface area contributed by atoms with Gasteiger partial charge in [-0.1, -0.05) is 11.6 Å². The molecular formula is C15H19N3O. The van der Waals surface area contributed by atoms with Crippen molar-refractivity contribution in [3.8, 4) is 0 Å². The third-order valence-electron chi connectivity index (χ3n) is 3.62. The zero-order valence-corrected chi connectivity index (χ0v) is 11.1. The van der Waals surface area contributed by atoms with Crippen LogP contribution < -0.4 is 11.1 Å². The highest BCUT2D eigenvalue weighted by Gasteiger charge is 2.16. The molecule has 19 heavy (non-hydrogen) atoms. The Labute approximate surface area is 113 Å². The van der Waals surface area contributed by atoms with Crippen LogP contribution in [0.2, 0.25) is 0 Å². The Bertz CT molecular complexity index is 586. The van der Waals surface area contributed by atoms with E-state index in [1.54, 1.807) is 6.20 Å². The molecule has 1 aliphatic heterocycles. The summed E-state index contributed by atoms with van der Waals surface area (Å²) in [6, 6.07) is 6.69. The van der Waals surface area contributed by atoms with E-state index in [9.17, 15) is 0 Å². The first-order chi connectivity index (χ1) is 9.24. The first-order valence-corrected chi connectivity index (χ1v) is 6.73. The summed E-state index contributed by atoms with van der Waals surface area (Å²) in [6.07, 6.45) is 3.78. The Kier molecular flexibility index (Phi) is 3.25. The molecule has 4 heteroatoms. The number of benzene rings is 1. The number of hydrogen-bond acceptors (Lipinski definition) is 4. The SMILES string of the molecule is Cc1ccc2ncc(N)c(NC3CCOCC3)c2c1. The molecule has 3 N–H and O–H groups in total. The van der Waals surface area contributed by atoms with Crippen LogP contribution in [0.25, 0.3) is 10.9 Å². The Balaban J connectivity index is 2.00. The van der Waals surface area contributed by atoms with Gasteiger partial charge >= 0.3 is 0 Å². The van der Waals surface area contributed by atoms with Crippen LogP contribution >= 0.6 is 0 Å². The molecule has 2 aromatic rings. The molecule has 1 aliphatic rings. The van der Waals surface area contributed by atoms with Crippen molar-refractivity contribution in [2.24, 2.45) is 0 Å². The number of nitrogens with zero attached hydrogens (tertiary/aromatic N) is 1. The average molecular weight is 257 g/mol. The van der Waals surface area contributed by atoms with Crippen LogP contribution in [-0.2, 0) is 4.74 Å². The molecule has 1 fully saturated rings. The first kappa shape index (κ1) is 12.2. The number of anilines is 2. The molecule has 0 bridgehead atoms. The second kappa shape index (κ2) is 5.05. The zero-order chi connectivity index (χ0) is 13.2. The maximum absolute atomic E-state index is 6.10. The minimum atomic E-state index is 0.433. The summed E-state index contributed by atoms with van der Waals surface area (Å²) in [5, 5.41) is 4.68. The molecule has 100 valence electrons. The van der Waals surface area contributed by atoms with E-state index in [2.05, 4.69) is 29.4 Å². The lowest BCUT2D eigenvalue weighted by Crippen LogP contribution is -2.28. The molecule has 4 nitrogen and oxygen atoms in total. The van der Waals surface area contributed by atoms with Crippen LogP contribution in [0.5, 0.6) is 0 Å². The van der Waals surface area contributed by atoms with Crippen LogP contribution in [0.15, 0.2) is 24.4 Å². The Morgan fingerprint density at radius 1 is 1.32 bits per heavy atom. The van der Waals surface area contributed by atoms with Gasteiger partial charge in [0, 0.05) is 24.6 Å². The van der Waals surface area contributed by atoms with E-state index in [-0.39, 0.29) is 0 Å². The molecule has 0 radical (unpaired) electrons. The summed E-state index contributed by atoms with van der Waals surface area (Å²) < 4.78 is 5.39. The molecule has 2 heterocycles. The maximum Gasteiger partial charge on any atom is 0.0743 e. The van der Waals surface area contributed by atoms with Gasteiger partial charge in [0.2, 0.25) is 0 Å². The smallest absolute Gasteiger partial charge is 0.0743 e. The van der Waals surface area contributed by atoms with Crippen molar-refractivity contribution < 1.29 is 4.74 Å². The van der Waals surface area contributed by atoms with E-state index in [4.69, 9.17) is 10.5 Å². The van der Waals surface area contributed by atoms with E-state index < -0.39 is 0 Å². The average Bonchev–Trinajstić information content (AvgIpc) is 2.43. The van der Waals surface area contributed by atoms with Crippen LogP contribution in [0.3, 0.4) is 0 Å². The molecular weight excluding hydrogens is 238 g/mol. The van der Waals surface area contributed by atoms with Gasteiger partial charge in [-0.3, -0.25) is 4.98 Å². The van der Waals surface area contributed by atoms with Gasteiger partial charge in [0.25, 0.3) is 0 Å². The van der Waals surface area contributed by atoms with Crippen molar-refractivity contribution in [2.75, 3.05) is 24.3 Å². The van der Waals surface area contributed by atoms with Crippen molar-refractivity contribution in [3.63, 3.8) is 0 Å². The number of hydrogen-bond donors (Lipinski definition) is 2. The van der Waals surface area contributed by atoms with Gasteiger partial charge in [0.05, 0.1) is 23.1 Å². The number of aromatic nitrogens is 1. The van der Waals surface area contributed by atoms with E-state index >= 15 is 0 Å². The van der Waals surface area contributed by atoms with Crippen LogP contribution in [0.1, 0.15) is 18.4 Å². The second-order valence-corrected chi connectivity index (χ2v) is 5.14. The van der Waals surface area contributed by atoms with Crippen LogP contribution in [-0.4, -0.2) is 24.2 Å². The summed E-state index contributed by atoms with van der Waals surface area (Å²) in [5.74, 6) is 0. The number of pyridine rings is 1. The van der Waals surface area contributed by atoms with Crippen molar-refractivity contribution in [3.05, 3.63) is 30.0 Å². The minimum Gasteiger partial charge on any atom is -0.396 e. The summed E-state index contributed by atoms with van der Waals surface area (Å²) in [5.41, 5.74) is 10.0. The molecule has 1 aromatic heterocycles. The molecule has 0 spiro atoms. The normalized spacial score (nSPS) is 16.7. The summed E-state index contributed by atoms with van der Waals surface area (Å²) in [7, 11) is 0. The maximum atomic E-state index is 6.10. The standard InChI is InChI=1S/C15H19N3O/c1-10-2-3-14-12(8-10)15(13(16)9-17-14)18-11-4-6-19-7-5-11/h2-3,8-9,11H,4-7,16H2,1H3,(H,17,18). The van der Waals surface area contributed by atoms with Gasteiger partial charge < -0.3 is 15.8 Å². The van der Waals surface area contributed by atoms with Crippen LogP contribution in [0.4, 0.5) is 11.4 Å². The third kappa shape index (κ3) is 2.49. The number of fused-ring (bicyclic) bond motifs is 1. The number of nitrogens with one attached hydrogen (secondary N) is 1. The quantitative estimate of drug-likeness (QED) is 0.868. The fraction of sp³-hybridized carbons (Fsp3) is 0.400. The van der Waals surface area contributed by atoms with Crippen molar-refractivity contribution >= 4 is 22.3 Å². The molecule has 3 rings (SSSR count). The summed E-state index contributed by atoms with van der Waals surface area (Å²) >= 11 is 0. The number of nitrogen functional groups attached to an aromatic ring is 1. The topological polar surface area (TPSA) is 60.2 Å². The van der Waals surface area contributed by atoms with Gasteiger partial charge in [0.15, 0.2) is 0 Å². The predicted octanol–water partition coefficient (Wildman–Crippen LogP) is 2.72. The lowest BCUT2D eigenvalue weighted by Gasteiger charge is -2.25. The molecule has 0 amide bonds. The van der Waals surface area contributed by atoms with E-state index in [0.29, 0.717) is 11.7 Å². The Hall–Kier alpha value is -1.81. The molecule has 1 aromatic carbocycles. The van der Waals surface area contributed by atoms with Gasteiger partial charge in [-0.25, -0.2) is 0 Å². The van der Waals surface area contributed by atoms with Crippen molar-refractivity contribution in [2.45, 2.75) is 25.8 Å². The first-order valence-electron chi connectivity index (χ1n) is 6.73. The van der Waals surface area contributed by atoms with Crippen molar-refractivity contribution in [1.29, 1.82) is 0 Å². The van der Waals surface area contributed by atoms with E-state index in [1.165, 1.54) is 5.56 Å². The summed E-state index contributed by atoms with van der Waals surface area (Å²) in [4.78, 5) is 4.39.